The van der Waals surface area contributed by atoms with Crippen molar-refractivity contribution in [2.75, 3.05) is 33.9 Å². The smallest absolute Gasteiger partial charge is 0.307 e. The minimum Gasteiger partial charge on any atom is -0.493 e. The number of rotatable bonds is 11. The lowest BCUT2D eigenvalue weighted by Gasteiger charge is -2.38. The number of nitrogens with zero attached hydrogens (tertiary/aromatic N) is 1. The number of ether oxygens (including phenoxy) is 4. The molecule has 0 aromatic heterocycles. The minimum atomic E-state index is -0.763. The Hall–Kier alpha value is -3.71. The number of hydrogen-bond acceptors (Lipinski definition) is 6. The van der Waals surface area contributed by atoms with Gasteiger partial charge in [0.25, 0.3) is 0 Å². The molecule has 37 heavy (non-hydrogen) atoms. The monoisotopic (exact) mass is 505 g/mol. The summed E-state index contributed by atoms with van der Waals surface area (Å²) in [6.07, 6.45) is 1.47. The molecule has 7 heteroatoms. The van der Waals surface area contributed by atoms with E-state index in [0.29, 0.717) is 49.2 Å². The Morgan fingerprint density at radius 2 is 1.78 bits per heavy atom. The summed E-state index contributed by atoms with van der Waals surface area (Å²) in [5.74, 6) is 1.38. The molecule has 0 bridgehead atoms. The van der Waals surface area contributed by atoms with Crippen LogP contribution in [0.5, 0.6) is 23.0 Å². The second-order valence-electron chi connectivity index (χ2n) is 9.07. The van der Waals surface area contributed by atoms with Crippen LogP contribution in [0.15, 0.2) is 66.7 Å². The van der Waals surface area contributed by atoms with Gasteiger partial charge >= 0.3 is 5.97 Å². The first kappa shape index (κ1) is 26.4. The molecule has 0 spiro atoms. The maximum absolute atomic E-state index is 11.9. The summed E-state index contributed by atoms with van der Waals surface area (Å²) in [6, 6.07) is 21.5. The van der Waals surface area contributed by atoms with Gasteiger partial charge in [0, 0.05) is 12.1 Å². The molecule has 2 unspecified atom stereocenters. The summed E-state index contributed by atoms with van der Waals surface area (Å²) in [5, 5.41) is 9.76. The number of methoxy groups -OCH3 is 2. The quantitative estimate of drug-likeness (QED) is 0.365. The van der Waals surface area contributed by atoms with Crippen molar-refractivity contribution < 1.29 is 28.8 Å². The van der Waals surface area contributed by atoms with E-state index in [-0.39, 0.29) is 6.04 Å². The molecule has 1 fully saturated rings. The van der Waals surface area contributed by atoms with Gasteiger partial charge in [-0.1, -0.05) is 48.5 Å². The maximum Gasteiger partial charge on any atom is 0.307 e. The number of aliphatic carboxylic acids is 1. The van der Waals surface area contributed by atoms with Crippen molar-refractivity contribution in [3.05, 3.63) is 83.4 Å². The fourth-order valence-corrected chi connectivity index (χ4v) is 4.97. The van der Waals surface area contributed by atoms with E-state index in [2.05, 4.69) is 4.90 Å². The summed E-state index contributed by atoms with van der Waals surface area (Å²) < 4.78 is 23.5. The molecule has 1 aliphatic heterocycles. The predicted molar refractivity (Wildman–Crippen MR) is 142 cm³/mol. The molecule has 1 aliphatic rings. The van der Waals surface area contributed by atoms with Gasteiger partial charge in [0.15, 0.2) is 23.0 Å². The van der Waals surface area contributed by atoms with E-state index in [1.54, 1.807) is 14.2 Å². The molecular weight excluding hydrogens is 470 g/mol. The van der Waals surface area contributed by atoms with Crippen molar-refractivity contribution in [2.24, 2.45) is 5.92 Å². The molecule has 0 aliphatic carbocycles. The van der Waals surface area contributed by atoms with Crippen molar-refractivity contribution in [3.63, 3.8) is 0 Å². The SMILES string of the molecule is CCOc1cc(C(c2cccc(OC)c2OC)N2CCCC(C(=O)O)C2)ccc1OCc1ccccc1. The summed E-state index contributed by atoms with van der Waals surface area (Å²) in [7, 11) is 3.24. The maximum atomic E-state index is 11.9. The number of carboxylic acids is 1. The summed E-state index contributed by atoms with van der Waals surface area (Å²) in [5.41, 5.74) is 2.95. The predicted octanol–water partition coefficient (Wildman–Crippen LogP) is 5.57. The van der Waals surface area contributed by atoms with Gasteiger partial charge in [0.05, 0.1) is 32.8 Å². The van der Waals surface area contributed by atoms with Gasteiger partial charge in [-0.3, -0.25) is 9.69 Å². The first-order chi connectivity index (χ1) is 18.0. The van der Waals surface area contributed by atoms with Crippen LogP contribution in [0.2, 0.25) is 0 Å². The van der Waals surface area contributed by atoms with Gasteiger partial charge < -0.3 is 24.1 Å². The third kappa shape index (κ3) is 6.17. The zero-order valence-corrected chi connectivity index (χ0v) is 21.7. The van der Waals surface area contributed by atoms with E-state index in [9.17, 15) is 9.90 Å². The number of likely N-dealkylation sites (tertiary alicyclic amines) is 1. The van der Waals surface area contributed by atoms with Crippen LogP contribution in [0.1, 0.15) is 42.5 Å². The molecule has 1 heterocycles. The molecule has 3 aromatic rings. The van der Waals surface area contributed by atoms with Crippen LogP contribution < -0.4 is 18.9 Å². The Kier molecular flexibility index (Phi) is 8.90. The van der Waals surface area contributed by atoms with Crippen LogP contribution in [0.4, 0.5) is 0 Å². The number of carboxylic acid groups (broad SMARTS) is 1. The molecule has 1 N–H and O–H groups in total. The van der Waals surface area contributed by atoms with Gasteiger partial charge in [0.1, 0.15) is 6.61 Å². The lowest BCUT2D eigenvalue weighted by atomic mass is 9.90. The molecule has 7 nitrogen and oxygen atoms in total. The van der Waals surface area contributed by atoms with Crippen LogP contribution in [0.3, 0.4) is 0 Å². The van der Waals surface area contributed by atoms with Crippen molar-refractivity contribution in [2.45, 2.75) is 32.4 Å². The van der Waals surface area contributed by atoms with Crippen LogP contribution in [0.25, 0.3) is 0 Å². The number of carbonyl (C=O) groups is 1. The fraction of sp³-hybridized carbons (Fsp3) is 0.367. The van der Waals surface area contributed by atoms with Gasteiger partial charge in [0.2, 0.25) is 0 Å². The summed E-state index contributed by atoms with van der Waals surface area (Å²) in [4.78, 5) is 14.1. The number of para-hydroxylation sites is 1. The van der Waals surface area contributed by atoms with Gasteiger partial charge in [-0.2, -0.15) is 0 Å². The normalized spacial score (nSPS) is 16.6. The molecule has 2 atom stereocenters. The molecule has 196 valence electrons. The van der Waals surface area contributed by atoms with E-state index in [1.807, 2.05) is 73.7 Å². The molecular formula is C30H35NO6. The Bertz CT molecular complexity index is 1180. The first-order valence-corrected chi connectivity index (χ1v) is 12.7. The van der Waals surface area contributed by atoms with E-state index in [1.165, 1.54) is 0 Å². The number of benzene rings is 3. The van der Waals surface area contributed by atoms with Crippen molar-refractivity contribution in [3.8, 4) is 23.0 Å². The van der Waals surface area contributed by atoms with Crippen molar-refractivity contribution in [1.82, 2.24) is 4.90 Å². The average Bonchev–Trinajstić information content (AvgIpc) is 2.93. The topological polar surface area (TPSA) is 77.5 Å². The number of piperidine rings is 1. The molecule has 0 radical (unpaired) electrons. The highest BCUT2D eigenvalue weighted by Crippen LogP contribution is 2.43. The largest absolute Gasteiger partial charge is 0.493 e. The van der Waals surface area contributed by atoms with Crippen LogP contribution in [0, 0.1) is 5.92 Å². The molecule has 1 saturated heterocycles. The van der Waals surface area contributed by atoms with Gasteiger partial charge in [-0.05, 0) is 55.6 Å². The fourth-order valence-electron chi connectivity index (χ4n) is 4.97. The van der Waals surface area contributed by atoms with Gasteiger partial charge in [-0.25, -0.2) is 0 Å². The van der Waals surface area contributed by atoms with Crippen LogP contribution in [-0.2, 0) is 11.4 Å². The molecule has 4 rings (SSSR count). The van der Waals surface area contributed by atoms with Gasteiger partial charge in [-0.15, -0.1) is 0 Å². The third-order valence-corrected chi connectivity index (χ3v) is 6.72. The van der Waals surface area contributed by atoms with E-state index >= 15 is 0 Å². The lowest BCUT2D eigenvalue weighted by Crippen LogP contribution is -2.41. The highest BCUT2D eigenvalue weighted by molar-refractivity contribution is 5.70. The summed E-state index contributed by atoms with van der Waals surface area (Å²) in [6.45, 7) is 4.07. The average molecular weight is 506 g/mol. The van der Waals surface area contributed by atoms with Crippen LogP contribution >= 0.6 is 0 Å². The third-order valence-electron chi connectivity index (χ3n) is 6.72. The van der Waals surface area contributed by atoms with E-state index < -0.39 is 11.9 Å². The Labute approximate surface area is 218 Å². The van der Waals surface area contributed by atoms with Crippen LogP contribution in [-0.4, -0.2) is 49.9 Å². The lowest BCUT2D eigenvalue weighted by molar-refractivity contribution is -0.143. The standard InChI is InChI=1S/C30H35NO6/c1-4-36-27-18-22(15-16-25(27)37-20-21-10-6-5-7-11-21)28(31-17-9-12-23(19-31)30(32)33)24-13-8-14-26(34-2)29(24)35-3/h5-8,10-11,13-16,18,23,28H,4,9,12,17,19-20H2,1-3H3,(H,32,33). The van der Waals surface area contributed by atoms with E-state index in [0.717, 1.165) is 29.7 Å². The first-order valence-electron chi connectivity index (χ1n) is 12.7. The highest BCUT2D eigenvalue weighted by atomic mass is 16.5. The Balaban J connectivity index is 1.75. The van der Waals surface area contributed by atoms with Crippen molar-refractivity contribution in [1.29, 1.82) is 0 Å². The Morgan fingerprint density at radius 1 is 0.973 bits per heavy atom. The Morgan fingerprint density at radius 3 is 2.49 bits per heavy atom. The molecule has 0 saturated carbocycles. The minimum absolute atomic E-state index is 0.255. The molecule has 3 aromatic carbocycles. The molecule has 0 amide bonds. The summed E-state index contributed by atoms with van der Waals surface area (Å²) >= 11 is 0. The zero-order chi connectivity index (χ0) is 26.2. The number of hydrogen-bond donors (Lipinski definition) is 1. The second kappa shape index (κ2) is 12.5. The van der Waals surface area contributed by atoms with Crippen molar-refractivity contribution >= 4 is 5.97 Å². The van der Waals surface area contributed by atoms with E-state index in [4.69, 9.17) is 18.9 Å². The zero-order valence-electron chi connectivity index (χ0n) is 21.7. The highest BCUT2D eigenvalue weighted by Gasteiger charge is 2.33. The second-order valence-corrected chi connectivity index (χ2v) is 9.07.